The average Bonchev–Trinajstić information content (AvgIpc) is 2.76. The van der Waals surface area contributed by atoms with Crippen molar-refractivity contribution in [1.82, 2.24) is 10.3 Å². The molecular formula is C16H28N2S. The fourth-order valence-corrected chi connectivity index (χ4v) is 3.86. The lowest BCUT2D eigenvalue weighted by atomic mass is 9.80. The molecule has 1 fully saturated rings. The Morgan fingerprint density at radius 3 is 2.63 bits per heavy atom. The van der Waals surface area contributed by atoms with Gasteiger partial charge >= 0.3 is 0 Å². The summed E-state index contributed by atoms with van der Waals surface area (Å²) in [6.45, 7) is 12.4. The van der Waals surface area contributed by atoms with Crippen molar-refractivity contribution in [3.05, 3.63) is 16.1 Å². The van der Waals surface area contributed by atoms with Crippen molar-refractivity contribution in [2.45, 2.75) is 71.9 Å². The largest absolute Gasteiger partial charge is 0.309 e. The minimum atomic E-state index is 0.177. The van der Waals surface area contributed by atoms with Crippen LogP contribution in [0.1, 0.15) is 63.8 Å². The molecule has 3 heteroatoms. The molecule has 3 unspecified atom stereocenters. The zero-order valence-electron chi connectivity index (χ0n) is 13.0. The average molecular weight is 280 g/mol. The highest BCUT2D eigenvalue weighted by atomic mass is 32.1. The Morgan fingerprint density at radius 1 is 1.32 bits per heavy atom. The molecule has 1 N–H and O–H groups in total. The Labute approximate surface area is 122 Å². The van der Waals surface area contributed by atoms with Gasteiger partial charge in [-0.2, -0.15) is 0 Å². The summed E-state index contributed by atoms with van der Waals surface area (Å²) in [4.78, 5) is 5.93. The first-order chi connectivity index (χ1) is 8.86. The van der Waals surface area contributed by atoms with Crippen molar-refractivity contribution < 1.29 is 0 Å². The van der Waals surface area contributed by atoms with Gasteiger partial charge in [0.1, 0.15) is 0 Å². The standard InChI is InChI=1S/C16H28N2S/c1-11-6-7-14(12(2)8-11)17-9-13-10-18-15(19-13)16(3,4)5/h10-12,14,17H,6-9H2,1-5H3. The van der Waals surface area contributed by atoms with Crippen LogP contribution in [0, 0.1) is 11.8 Å². The van der Waals surface area contributed by atoms with Gasteiger partial charge in [-0.1, -0.05) is 34.6 Å². The molecule has 2 nitrogen and oxygen atoms in total. The van der Waals surface area contributed by atoms with E-state index in [0.29, 0.717) is 6.04 Å². The minimum Gasteiger partial charge on any atom is -0.309 e. The molecule has 1 aliphatic rings. The second-order valence-electron chi connectivity index (χ2n) is 7.26. The van der Waals surface area contributed by atoms with Gasteiger partial charge in [-0.15, -0.1) is 11.3 Å². The summed E-state index contributed by atoms with van der Waals surface area (Å²) < 4.78 is 0. The van der Waals surface area contributed by atoms with E-state index in [1.807, 2.05) is 17.5 Å². The fourth-order valence-electron chi connectivity index (χ4n) is 2.94. The molecule has 1 aromatic heterocycles. The predicted octanol–water partition coefficient (Wildman–Crippen LogP) is 4.35. The van der Waals surface area contributed by atoms with Crippen molar-refractivity contribution in [3.8, 4) is 0 Å². The van der Waals surface area contributed by atoms with Crippen LogP contribution in [0.15, 0.2) is 6.20 Å². The third-order valence-corrected chi connectivity index (χ3v) is 5.59. The smallest absolute Gasteiger partial charge is 0.0981 e. The molecule has 0 amide bonds. The first-order valence-electron chi connectivity index (χ1n) is 7.55. The second kappa shape index (κ2) is 5.92. The molecule has 0 aromatic carbocycles. The third-order valence-electron chi connectivity index (χ3n) is 4.17. The Hall–Kier alpha value is -0.410. The van der Waals surface area contributed by atoms with Gasteiger partial charge in [0.2, 0.25) is 0 Å². The lowest BCUT2D eigenvalue weighted by Gasteiger charge is -2.33. The maximum atomic E-state index is 4.56. The molecule has 1 heterocycles. The highest BCUT2D eigenvalue weighted by Crippen LogP contribution is 2.30. The molecule has 19 heavy (non-hydrogen) atoms. The number of hydrogen-bond donors (Lipinski definition) is 1. The van der Waals surface area contributed by atoms with Gasteiger partial charge < -0.3 is 5.32 Å². The van der Waals surface area contributed by atoms with Crippen LogP contribution in [0.3, 0.4) is 0 Å². The topological polar surface area (TPSA) is 24.9 Å². The van der Waals surface area contributed by atoms with Crippen molar-refractivity contribution in [3.63, 3.8) is 0 Å². The maximum absolute atomic E-state index is 4.56. The molecule has 0 radical (unpaired) electrons. The number of rotatable bonds is 3. The summed E-state index contributed by atoms with van der Waals surface area (Å²) in [7, 11) is 0. The first kappa shape index (κ1) is 15.0. The number of aromatic nitrogens is 1. The van der Waals surface area contributed by atoms with Gasteiger partial charge in [-0.25, -0.2) is 4.98 Å². The van der Waals surface area contributed by atoms with Gasteiger partial charge in [0.15, 0.2) is 0 Å². The highest BCUT2D eigenvalue weighted by Gasteiger charge is 2.25. The third kappa shape index (κ3) is 4.03. The van der Waals surface area contributed by atoms with E-state index in [4.69, 9.17) is 0 Å². The molecular weight excluding hydrogens is 252 g/mol. The van der Waals surface area contributed by atoms with E-state index in [1.165, 1.54) is 29.1 Å². The van der Waals surface area contributed by atoms with Crippen LogP contribution in [0.25, 0.3) is 0 Å². The van der Waals surface area contributed by atoms with Gasteiger partial charge in [0.25, 0.3) is 0 Å². The Kier molecular flexibility index (Phi) is 4.67. The van der Waals surface area contributed by atoms with Crippen molar-refractivity contribution in [1.29, 1.82) is 0 Å². The maximum Gasteiger partial charge on any atom is 0.0981 e. The number of thiazole rings is 1. The zero-order valence-corrected chi connectivity index (χ0v) is 13.8. The van der Waals surface area contributed by atoms with E-state index >= 15 is 0 Å². The molecule has 3 atom stereocenters. The predicted molar refractivity (Wildman–Crippen MR) is 83.6 cm³/mol. The van der Waals surface area contributed by atoms with Gasteiger partial charge in [0.05, 0.1) is 5.01 Å². The van der Waals surface area contributed by atoms with Crippen LogP contribution >= 0.6 is 11.3 Å². The van der Waals surface area contributed by atoms with E-state index in [0.717, 1.165) is 18.4 Å². The lowest BCUT2D eigenvalue weighted by Crippen LogP contribution is -2.38. The van der Waals surface area contributed by atoms with Crippen LogP contribution < -0.4 is 5.32 Å². The lowest BCUT2D eigenvalue weighted by molar-refractivity contribution is 0.227. The van der Waals surface area contributed by atoms with Crippen molar-refractivity contribution in [2.24, 2.45) is 11.8 Å². The van der Waals surface area contributed by atoms with Crippen LogP contribution in [0.4, 0.5) is 0 Å². The number of nitrogens with one attached hydrogen (secondary N) is 1. The fraction of sp³-hybridized carbons (Fsp3) is 0.812. The van der Waals surface area contributed by atoms with E-state index in [1.54, 1.807) is 0 Å². The molecule has 1 saturated carbocycles. The molecule has 1 aliphatic carbocycles. The van der Waals surface area contributed by atoms with Crippen LogP contribution in [0.5, 0.6) is 0 Å². The summed E-state index contributed by atoms with van der Waals surface area (Å²) in [6, 6.07) is 0.691. The van der Waals surface area contributed by atoms with Crippen LogP contribution in [0.2, 0.25) is 0 Å². The van der Waals surface area contributed by atoms with Crippen LogP contribution in [-0.2, 0) is 12.0 Å². The summed E-state index contributed by atoms with van der Waals surface area (Å²) in [5.41, 5.74) is 0.177. The van der Waals surface area contributed by atoms with Crippen LogP contribution in [-0.4, -0.2) is 11.0 Å². The van der Waals surface area contributed by atoms with E-state index in [2.05, 4.69) is 44.9 Å². The summed E-state index contributed by atoms with van der Waals surface area (Å²) in [6.07, 6.45) is 6.12. The Morgan fingerprint density at radius 2 is 2.05 bits per heavy atom. The number of hydrogen-bond acceptors (Lipinski definition) is 3. The molecule has 0 spiro atoms. The normalized spacial score (nSPS) is 28.6. The minimum absolute atomic E-state index is 0.177. The quantitative estimate of drug-likeness (QED) is 0.890. The zero-order chi connectivity index (χ0) is 14.0. The molecule has 2 rings (SSSR count). The van der Waals surface area contributed by atoms with E-state index in [-0.39, 0.29) is 5.41 Å². The molecule has 0 bridgehead atoms. The Bertz CT molecular complexity index is 405. The summed E-state index contributed by atoms with van der Waals surface area (Å²) in [5.74, 6) is 1.71. The van der Waals surface area contributed by atoms with Crippen molar-refractivity contribution in [2.75, 3.05) is 0 Å². The molecule has 1 aromatic rings. The molecule has 108 valence electrons. The Balaban J connectivity index is 1.87. The highest BCUT2D eigenvalue weighted by molar-refractivity contribution is 7.11. The van der Waals surface area contributed by atoms with Gasteiger partial charge in [-0.05, 0) is 31.1 Å². The number of nitrogens with zero attached hydrogens (tertiary/aromatic N) is 1. The summed E-state index contributed by atoms with van der Waals surface area (Å²) in [5, 5.41) is 4.99. The molecule has 0 aliphatic heterocycles. The van der Waals surface area contributed by atoms with Gasteiger partial charge in [-0.3, -0.25) is 0 Å². The summed E-state index contributed by atoms with van der Waals surface area (Å²) >= 11 is 1.86. The van der Waals surface area contributed by atoms with Gasteiger partial charge in [0, 0.05) is 29.1 Å². The van der Waals surface area contributed by atoms with E-state index in [9.17, 15) is 0 Å². The first-order valence-corrected chi connectivity index (χ1v) is 8.36. The monoisotopic (exact) mass is 280 g/mol. The SMILES string of the molecule is CC1CCC(NCc2cnc(C(C)(C)C)s2)C(C)C1. The second-order valence-corrected chi connectivity index (χ2v) is 8.38. The molecule has 0 saturated heterocycles. The van der Waals surface area contributed by atoms with E-state index < -0.39 is 0 Å². The van der Waals surface area contributed by atoms with Crippen molar-refractivity contribution >= 4 is 11.3 Å².